The lowest BCUT2D eigenvalue weighted by molar-refractivity contribution is -0.142. The van der Waals surface area contributed by atoms with Gasteiger partial charge in [-0.3, -0.25) is 9.59 Å². The molecule has 0 fully saturated rings. The number of nitrogens with one attached hydrogen (secondary N) is 1. The minimum absolute atomic E-state index is 0.137. The van der Waals surface area contributed by atoms with Crippen LogP contribution in [0.25, 0.3) is 0 Å². The number of carbonyl (C=O) groups is 2. The highest BCUT2D eigenvalue weighted by molar-refractivity contribution is 9.10. The molecule has 2 aromatic carbocycles. The first kappa shape index (κ1) is 24.4. The van der Waals surface area contributed by atoms with Gasteiger partial charge in [0, 0.05) is 22.0 Å². The van der Waals surface area contributed by atoms with Gasteiger partial charge in [0.15, 0.2) is 6.61 Å². The van der Waals surface area contributed by atoms with Crippen LogP contribution in [0.2, 0.25) is 0 Å². The molecule has 0 bridgehead atoms. The van der Waals surface area contributed by atoms with Crippen molar-refractivity contribution in [3.63, 3.8) is 0 Å². The van der Waals surface area contributed by atoms with Crippen molar-refractivity contribution in [2.45, 2.75) is 46.2 Å². The second-order valence-electron chi connectivity index (χ2n) is 7.17. The van der Waals surface area contributed by atoms with Crippen LogP contribution < -0.4 is 10.1 Å². The Morgan fingerprint density at radius 3 is 2.60 bits per heavy atom. The van der Waals surface area contributed by atoms with Crippen molar-refractivity contribution in [1.29, 1.82) is 0 Å². The van der Waals surface area contributed by atoms with Crippen LogP contribution in [0.1, 0.15) is 37.8 Å². The maximum absolute atomic E-state index is 13.0. The van der Waals surface area contributed by atoms with Gasteiger partial charge >= 0.3 is 0 Å². The van der Waals surface area contributed by atoms with Crippen LogP contribution in [0.5, 0.6) is 5.75 Å². The number of nitrogens with zero attached hydrogens (tertiary/aromatic N) is 1. The smallest absolute Gasteiger partial charge is 0.261 e. The van der Waals surface area contributed by atoms with Crippen LogP contribution in [0, 0.1) is 6.92 Å². The van der Waals surface area contributed by atoms with Crippen molar-refractivity contribution in [3.8, 4) is 5.75 Å². The van der Waals surface area contributed by atoms with E-state index in [0.717, 1.165) is 32.9 Å². The highest BCUT2D eigenvalue weighted by Gasteiger charge is 2.26. The molecule has 0 aliphatic rings. The Bertz CT molecular complexity index is 873. The summed E-state index contributed by atoms with van der Waals surface area (Å²) in [4.78, 5) is 27.2. The van der Waals surface area contributed by atoms with E-state index in [-0.39, 0.29) is 18.4 Å². The molecule has 0 heterocycles. The van der Waals surface area contributed by atoms with E-state index in [9.17, 15) is 9.59 Å². The number of aryl methyl sites for hydroxylation is 1. The zero-order valence-corrected chi connectivity index (χ0v) is 20.8. The van der Waals surface area contributed by atoms with Gasteiger partial charge in [-0.1, -0.05) is 57.3 Å². The highest BCUT2D eigenvalue weighted by atomic mass is 79.9. The summed E-state index contributed by atoms with van der Waals surface area (Å²) in [7, 11) is 0. The third kappa shape index (κ3) is 7.43. The Balaban J connectivity index is 2.12. The predicted molar refractivity (Wildman–Crippen MR) is 126 cm³/mol. The molecule has 2 aromatic rings. The van der Waals surface area contributed by atoms with E-state index in [1.54, 1.807) is 11.8 Å². The number of halogens is 2. The van der Waals surface area contributed by atoms with Crippen molar-refractivity contribution in [2.75, 3.05) is 13.2 Å². The summed E-state index contributed by atoms with van der Waals surface area (Å²) in [5, 5.41) is 2.92. The van der Waals surface area contributed by atoms with Gasteiger partial charge < -0.3 is 15.0 Å². The molecule has 30 heavy (non-hydrogen) atoms. The average molecular weight is 540 g/mol. The van der Waals surface area contributed by atoms with Gasteiger partial charge in [-0.25, -0.2) is 0 Å². The molecule has 162 valence electrons. The van der Waals surface area contributed by atoms with Gasteiger partial charge in [-0.2, -0.15) is 0 Å². The molecule has 2 rings (SSSR count). The second kappa shape index (κ2) is 12.1. The van der Waals surface area contributed by atoms with Gasteiger partial charge in [-0.05, 0) is 61.7 Å². The molecule has 1 atom stereocenters. The van der Waals surface area contributed by atoms with E-state index in [1.807, 2.05) is 49.4 Å². The molecule has 1 unspecified atom stereocenters. The average Bonchev–Trinajstić information content (AvgIpc) is 2.72. The van der Waals surface area contributed by atoms with Crippen molar-refractivity contribution < 1.29 is 14.3 Å². The third-order valence-corrected chi connectivity index (χ3v) is 6.11. The van der Waals surface area contributed by atoms with Crippen molar-refractivity contribution in [2.24, 2.45) is 0 Å². The SMILES string of the molecule is CCCCNC(=O)C(C)N(Cc1cccc(Br)c1)C(=O)COc1ccc(Br)c(C)c1. The Morgan fingerprint density at radius 2 is 1.93 bits per heavy atom. The fraction of sp³-hybridized carbons (Fsp3) is 0.391. The van der Waals surface area contributed by atoms with Crippen molar-refractivity contribution in [3.05, 3.63) is 62.5 Å². The Morgan fingerprint density at radius 1 is 1.17 bits per heavy atom. The van der Waals surface area contributed by atoms with E-state index in [1.165, 1.54) is 0 Å². The Hall–Kier alpha value is -1.86. The summed E-state index contributed by atoms with van der Waals surface area (Å²) in [5.41, 5.74) is 1.96. The summed E-state index contributed by atoms with van der Waals surface area (Å²) in [6.07, 6.45) is 1.90. The molecule has 0 aliphatic heterocycles. The largest absolute Gasteiger partial charge is 0.484 e. The number of benzene rings is 2. The summed E-state index contributed by atoms with van der Waals surface area (Å²) in [6, 6.07) is 12.7. The standard InChI is InChI=1S/C23H28Br2N2O3/c1-4-5-11-26-23(29)17(3)27(14-18-7-6-8-19(24)13-18)22(28)15-30-20-9-10-21(25)16(2)12-20/h6-10,12-13,17H,4-5,11,14-15H2,1-3H3,(H,26,29). The number of amides is 2. The first-order valence-corrected chi connectivity index (χ1v) is 11.6. The number of rotatable bonds is 10. The molecule has 1 N–H and O–H groups in total. The zero-order chi connectivity index (χ0) is 22.1. The maximum atomic E-state index is 13.0. The minimum Gasteiger partial charge on any atom is -0.484 e. The summed E-state index contributed by atoms with van der Waals surface area (Å²) < 4.78 is 7.63. The van der Waals surface area contributed by atoms with Crippen LogP contribution in [-0.4, -0.2) is 35.9 Å². The lowest BCUT2D eigenvalue weighted by Crippen LogP contribution is -2.49. The third-order valence-electron chi connectivity index (χ3n) is 4.73. The first-order chi connectivity index (χ1) is 14.3. The summed E-state index contributed by atoms with van der Waals surface area (Å²) in [5.74, 6) is 0.214. The Labute approximate surface area is 195 Å². The number of hydrogen-bond acceptors (Lipinski definition) is 3. The van der Waals surface area contributed by atoms with E-state index < -0.39 is 6.04 Å². The van der Waals surface area contributed by atoms with Crippen molar-refractivity contribution >= 4 is 43.7 Å². The topological polar surface area (TPSA) is 58.6 Å². The van der Waals surface area contributed by atoms with Crippen LogP contribution in [0.4, 0.5) is 0 Å². The molecule has 0 spiro atoms. The molecular weight excluding hydrogens is 512 g/mol. The van der Waals surface area contributed by atoms with Gasteiger partial charge in [0.25, 0.3) is 5.91 Å². The molecule has 5 nitrogen and oxygen atoms in total. The molecular formula is C23H28Br2N2O3. The molecule has 0 aromatic heterocycles. The van der Waals surface area contributed by atoms with E-state index >= 15 is 0 Å². The van der Waals surface area contributed by atoms with Gasteiger partial charge in [0.2, 0.25) is 5.91 Å². The normalized spacial score (nSPS) is 11.6. The number of hydrogen-bond donors (Lipinski definition) is 1. The van der Waals surface area contributed by atoms with E-state index in [0.29, 0.717) is 18.8 Å². The second-order valence-corrected chi connectivity index (χ2v) is 8.94. The molecule has 0 radical (unpaired) electrons. The fourth-order valence-corrected chi connectivity index (χ4v) is 3.58. The zero-order valence-electron chi connectivity index (χ0n) is 17.6. The molecule has 7 heteroatoms. The lowest BCUT2D eigenvalue weighted by atomic mass is 10.1. The number of unbranched alkanes of at least 4 members (excludes halogenated alkanes) is 1. The van der Waals surface area contributed by atoms with E-state index in [4.69, 9.17) is 4.74 Å². The van der Waals surface area contributed by atoms with E-state index in [2.05, 4.69) is 44.1 Å². The fourth-order valence-electron chi connectivity index (χ4n) is 2.89. The lowest BCUT2D eigenvalue weighted by Gasteiger charge is -2.29. The Kier molecular flexibility index (Phi) is 9.85. The molecule has 0 aliphatic carbocycles. The maximum Gasteiger partial charge on any atom is 0.261 e. The highest BCUT2D eigenvalue weighted by Crippen LogP contribution is 2.22. The minimum atomic E-state index is -0.608. The quantitative estimate of drug-likeness (QED) is 0.420. The molecule has 0 saturated carbocycles. The molecule has 0 saturated heterocycles. The van der Waals surface area contributed by atoms with Gasteiger partial charge in [0.1, 0.15) is 11.8 Å². The summed E-state index contributed by atoms with van der Waals surface area (Å²) >= 11 is 6.92. The number of carbonyl (C=O) groups excluding carboxylic acids is 2. The van der Waals surface area contributed by atoms with Crippen molar-refractivity contribution in [1.82, 2.24) is 10.2 Å². The van der Waals surface area contributed by atoms with Gasteiger partial charge in [-0.15, -0.1) is 0 Å². The van der Waals surface area contributed by atoms with Gasteiger partial charge in [0.05, 0.1) is 0 Å². The van der Waals surface area contributed by atoms with Crippen LogP contribution in [0.15, 0.2) is 51.4 Å². The summed E-state index contributed by atoms with van der Waals surface area (Å²) in [6.45, 7) is 6.57. The molecule has 2 amide bonds. The van der Waals surface area contributed by atoms with Crippen LogP contribution >= 0.6 is 31.9 Å². The van der Waals surface area contributed by atoms with Crippen LogP contribution in [-0.2, 0) is 16.1 Å². The van der Waals surface area contributed by atoms with Crippen LogP contribution in [0.3, 0.4) is 0 Å². The monoisotopic (exact) mass is 538 g/mol. The number of ether oxygens (including phenoxy) is 1. The first-order valence-electron chi connectivity index (χ1n) is 10.0. The predicted octanol–water partition coefficient (Wildman–Crippen LogP) is 5.23.